The SMILES string of the molecule is Cc1ccc(C)c(NC(=O)/C(C#N)=C/c2ccccc2OCc2cccc(Cl)c2)c1. The van der Waals surface area contributed by atoms with E-state index in [9.17, 15) is 10.1 Å². The molecule has 3 aromatic carbocycles. The minimum atomic E-state index is -0.462. The number of carbonyl (C=O) groups excluding carboxylic acids is 1. The van der Waals surface area contributed by atoms with Crippen molar-refractivity contribution < 1.29 is 9.53 Å². The van der Waals surface area contributed by atoms with E-state index in [0.717, 1.165) is 16.7 Å². The topological polar surface area (TPSA) is 62.1 Å². The molecule has 0 aromatic heterocycles. The van der Waals surface area contributed by atoms with Gasteiger partial charge in [-0.1, -0.05) is 54.1 Å². The van der Waals surface area contributed by atoms with Gasteiger partial charge in [0.05, 0.1) is 0 Å². The number of carbonyl (C=O) groups is 1. The summed E-state index contributed by atoms with van der Waals surface area (Å²) >= 11 is 6.02. The number of hydrogen-bond acceptors (Lipinski definition) is 3. The Balaban J connectivity index is 1.81. The van der Waals surface area contributed by atoms with Crippen LogP contribution in [0.3, 0.4) is 0 Å². The Hall–Kier alpha value is -3.55. The van der Waals surface area contributed by atoms with E-state index in [-0.39, 0.29) is 5.57 Å². The molecule has 0 fully saturated rings. The first-order chi connectivity index (χ1) is 14.5. The van der Waals surface area contributed by atoms with Gasteiger partial charge >= 0.3 is 0 Å². The molecule has 3 aromatic rings. The molecule has 0 unspecified atom stereocenters. The monoisotopic (exact) mass is 416 g/mol. The van der Waals surface area contributed by atoms with Gasteiger partial charge in [0.25, 0.3) is 5.91 Å². The normalized spacial score (nSPS) is 10.9. The second-order valence-electron chi connectivity index (χ2n) is 6.90. The molecule has 5 heteroatoms. The Labute approximate surface area is 181 Å². The number of benzene rings is 3. The predicted octanol–water partition coefficient (Wildman–Crippen LogP) is 6.08. The van der Waals surface area contributed by atoms with Crippen molar-refractivity contribution in [3.63, 3.8) is 0 Å². The molecule has 0 saturated heterocycles. The fourth-order valence-electron chi connectivity index (χ4n) is 2.88. The van der Waals surface area contributed by atoms with Gasteiger partial charge in [0.15, 0.2) is 0 Å². The van der Waals surface area contributed by atoms with Gasteiger partial charge in [0, 0.05) is 16.3 Å². The summed E-state index contributed by atoms with van der Waals surface area (Å²) in [4.78, 5) is 12.7. The molecule has 150 valence electrons. The maximum Gasteiger partial charge on any atom is 0.266 e. The summed E-state index contributed by atoms with van der Waals surface area (Å²) in [6.07, 6.45) is 1.54. The lowest BCUT2D eigenvalue weighted by Crippen LogP contribution is -2.14. The quantitative estimate of drug-likeness (QED) is 0.391. The van der Waals surface area contributed by atoms with E-state index in [1.165, 1.54) is 6.08 Å². The minimum absolute atomic E-state index is 0.00490. The van der Waals surface area contributed by atoms with Gasteiger partial charge in [0.2, 0.25) is 0 Å². The van der Waals surface area contributed by atoms with E-state index >= 15 is 0 Å². The van der Waals surface area contributed by atoms with E-state index < -0.39 is 5.91 Å². The Bertz CT molecular complexity index is 1150. The summed E-state index contributed by atoms with van der Waals surface area (Å²) in [5.41, 5.74) is 4.21. The van der Waals surface area contributed by atoms with Crippen molar-refractivity contribution in [2.24, 2.45) is 0 Å². The highest BCUT2D eigenvalue weighted by atomic mass is 35.5. The summed E-state index contributed by atoms with van der Waals surface area (Å²) in [6, 6.07) is 22.5. The van der Waals surface area contributed by atoms with Crippen LogP contribution in [0.1, 0.15) is 22.3 Å². The van der Waals surface area contributed by atoms with Gasteiger partial charge in [0.1, 0.15) is 24.0 Å². The largest absolute Gasteiger partial charge is 0.488 e. The summed E-state index contributed by atoms with van der Waals surface area (Å²) in [5.74, 6) is 0.112. The summed E-state index contributed by atoms with van der Waals surface area (Å²) < 4.78 is 5.91. The first-order valence-corrected chi connectivity index (χ1v) is 9.81. The third-order valence-corrected chi connectivity index (χ3v) is 4.74. The highest BCUT2D eigenvalue weighted by Gasteiger charge is 2.12. The van der Waals surface area contributed by atoms with E-state index in [4.69, 9.17) is 16.3 Å². The summed E-state index contributed by atoms with van der Waals surface area (Å²) in [6.45, 7) is 4.18. The lowest BCUT2D eigenvalue weighted by atomic mass is 10.1. The fraction of sp³-hybridized carbons (Fsp3) is 0.120. The van der Waals surface area contributed by atoms with Crippen LogP contribution in [0.2, 0.25) is 5.02 Å². The number of nitrogens with one attached hydrogen (secondary N) is 1. The molecular weight excluding hydrogens is 396 g/mol. The minimum Gasteiger partial charge on any atom is -0.488 e. The Kier molecular flexibility index (Phi) is 6.90. The van der Waals surface area contributed by atoms with Crippen molar-refractivity contribution >= 4 is 29.3 Å². The maximum absolute atomic E-state index is 12.7. The highest BCUT2D eigenvalue weighted by Crippen LogP contribution is 2.24. The zero-order valence-electron chi connectivity index (χ0n) is 16.8. The number of halogens is 1. The molecule has 0 saturated carbocycles. The number of aryl methyl sites for hydroxylation is 2. The van der Waals surface area contributed by atoms with Crippen LogP contribution in [0.15, 0.2) is 72.3 Å². The molecule has 0 bridgehead atoms. The molecule has 0 aliphatic rings. The van der Waals surface area contributed by atoms with Crippen molar-refractivity contribution in [3.8, 4) is 11.8 Å². The van der Waals surface area contributed by atoms with Crippen LogP contribution >= 0.6 is 11.6 Å². The molecular formula is C25H21ClN2O2. The third-order valence-electron chi connectivity index (χ3n) is 4.51. The van der Waals surface area contributed by atoms with E-state index in [1.54, 1.807) is 18.2 Å². The molecule has 30 heavy (non-hydrogen) atoms. The van der Waals surface area contributed by atoms with Gasteiger partial charge in [-0.25, -0.2) is 0 Å². The van der Waals surface area contributed by atoms with Crippen molar-refractivity contribution in [1.29, 1.82) is 5.26 Å². The molecule has 4 nitrogen and oxygen atoms in total. The van der Waals surface area contributed by atoms with E-state index in [1.807, 2.05) is 68.4 Å². The second-order valence-corrected chi connectivity index (χ2v) is 7.34. The van der Waals surface area contributed by atoms with Crippen LogP contribution in [0.4, 0.5) is 5.69 Å². The molecule has 1 N–H and O–H groups in total. The number of anilines is 1. The number of hydrogen-bond donors (Lipinski definition) is 1. The van der Waals surface area contributed by atoms with Crippen LogP contribution in [0, 0.1) is 25.2 Å². The van der Waals surface area contributed by atoms with Crippen LogP contribution in [-0.4, -0.2) is 5.91 Å². The van der Waals surface area contributed by atoms with Crippen molar-refractivity contribution in [3.05, 3.63) is 99.6 Å². The predicted molar refractivity (Wildman–Crippen MR) is 120 cm³/mol. The fourth-order valence-corrected chi connectivity index (χ4v) is 3.10. The van der Waals surface area contributed by atoms with Gasteiger partial charge in [-0.15, -0.1) is 0 Å². The molecule has 0 heterocycles. The molecule has 0 atom stereocenters. The zero-order chi connectivity index (χ0) is 21.5. The van der Waals surface area contributed by atoms with Gasteiger partial charge in [-0.05, 0) is 60.9 Å². The van der Waals surface area contributed by atoms with Crippen molar-refractivity contribution in [2.45, 2.75) is 20.5 Å². The Morgan fingerprint density at radius 2 is 1.90 bits per heavy atom. The van der Waals surface area contributed by atoms with Crippen molar-refractivity contribution in [2.75, 3.05) is 5.32 Å². The van der Waals surface area contributed by atoms with E-state index in [0.29, 0.717) is 28.6 Å². The standard InChI is InChI=1S/C25H21ClN2O2/c1-17-10-11-18(2)23(12-17)28-25(29)21(15-27)14-20-7-3-4-9-24(20)30-16-19-6-5-8-22(26)13-19/h3-14H,16H2,1-2H3,(H,28,29)/b21-14+. The average Bonchev–Trinajstić information content (AvgIpc) is 2.73. The maximum atomic E-state index is 12.7. The van der Waals surface area contributed by atoms with Crippen molar-refractivity contribution in [1.82, 2.24) is 0 Å². The lowest BCUT2D eigenvalue weighted by Gasteiger charge is -2.11. The number of para-hydroxylation sites is 1. The van der Waals surface area contributed by atoms with Crippen LogP contribution < -0.4 is 10.1 Å². The lowest BCUT2D eigenvalue weighted by molar-refractivity contribution is -0.112. The number of nitrogens with zero attached hydrogens (tertiary/aromatic N) is 1. The van der Waals surface area contributed by atoms with Gasteiger partial charge < -0.3 is 10.1 Å². The molecule has 3 rings (SSSR count). The highest BCUT2D eigenvalue weighted by molar-refractivity contribution is 6.30. The molecule has 0 spiro atoms. The third kappa shape index (κ3) is 5.50. The average molecular weight is 417 g/mol. The number of nitriles is 1. The van der Waals surface area contributed by atoms with Crippen LogP contribution in [0.5, 0.6) is 5.75 Å². The smallest absolute Gasteiger partial charge is 0.266 e. The number of amides is 1. The summed E-state index contributed by atoms with van der Waals surface area (Å²) in [5, 5.41) is 13.0. The molecule has 0 radical (unpaired) electrons. The summed E-state index contributed by atoms with van der Waals surface area (Å²) in [7, 11) is 0. The van der Waals surface area contributed by atoms with Crippen LogP contribution in [0.25, 0.3) is 6.08 Å². The zero-order valence-corrected chi connectivity index (χ0v) is 17.5. The molecule has 0 aliphatic heterocycles. The Morgan fingerprint density at radius 1 is 1.10 bits per heavy atom. The first kappa shape index (κ1) is 21.2. The number of rotatable bonds is 6. The molecule has 0 aliphatic carbocycles. The van der Waals surface area contributed by atoms with Crippen LogP contribution in [-0.2, 0) is 11.4 Å². The molecule has 1 amide bonds. The van der Waals surface area contributed by atoms with E-state index in [2.05, 4.69) is 5.32 Å². The van der Waals surface area contributed by atoms with Gasteiger partial charge in [-0.3, -0.25) is 4.79 Å². The first-order valence-electron chi connectivity index (χ1n) is 9.43. The Morgan fingerprint density at radius 3 is 2.67 bits per heavy atom. The van der Waals surface area contributed by atoms with Gasteiger partial charge in [-0.2, -0.15) is 5.26 Å². The second kappa shape index (κ2) is 9.78. The number of ether oxygens (including phenoxy) is 1.